The molecule has 1 N–H and O–H groups in total. The molecule has 0 aliphatic carbocycles. The minimum absolute atomic E-state index is 0.219. The highest BCUT2D eigenvalue weighted by Gasteiger charge is 2.12. The first kappa shape index (κ1) is 16.4. The summed E-state index contributed by atoms with van der Waals surface area (Å²) in [5, 5.41) is 8.87. The molecular formula is C17H17NO5. The van der Waals surface area contributed by atoms with E-state index < -0.39 is 5.97 Å². The summed E-state index contributed by atoms with van der Waals surface area (Å²) in [6.07, 6.45) is 1.64. The third kappa shape index (κ3) is 3.79. The zero-order chi connectivity index (χ0) is 16.8. The van der Waals surface area contributed by atoms with Crippen molar-refractivity contribution in [2.75, 3.05) is 21.3 Å². The SMILES string of the molecule is COc1cc(C=Nc2ccc(C(=O)O)cc2)cc(OC)c1OC. The topological polar surface area (TPSA) is 77.4 Å². The number of methoxy groups -OCH3 is 3. The van der Waals surface area contributed by atoms with Crippen LogP contribution in [0.2, 0.25) is 0 Å². The van der Waals surface area contributed by atoms with Crippen molar-refractivity contribution in [2.24, 2.45) is 4.99 Å². The lowest BCUT2D eigenvalue weighted by Crippen LogP contribution is -1.96. The van der Waals surface area contributed by atoms with Gasteiger partial charge in [0.15, 0.2) is 11.5 Å². The summed E-state index contributed by atoms with van der Waals surface area (Å²) < 4.78 is 15.8. The molecule has 6 nitrogen and oxygen atoms in total. The van der Waals surface area contributed by atoms with E-state index in [9.17, 15) is 4.79 Å². The summed E-state index contributed by atoms with van der Waals surface area (Å²) in [5.41, 5.74) is 1.63. The largest absolute Gasteiger partial charge is 0.493 e. The average Bonchev–Trinajstić information content (AvgIpc) is 2.59. The number of benzene rings is 2. The Balaban J connectivity index is 2.30. The van der Waals surface area contributed by atoms with Gasteiger partial charge in [-0.25, -0.2) is 4.79 Å². The maximum absolute atomic E-state index is 10.8. The van der Waals surface area contributed by atoms with Gasteiger partial charge in [-0.3, -0.25) is 4.99 Å². The molecule has 120 valence electrons. The van der Waals surface area contributed by atoms with E-state index in [1.54, 1.807) is 44.7 Å². The van der Waals surface area contributed by atoms with Gasteiger partial charge in [0.25, 0.3) is 0 Å². The summed E-state index contributed by atoms with van der Waals surface area (Å²) >= 11 is 0. The predicted octanol–water partition coefficient (Wildman–Crippen LogP) is 3.16. The Bertz CT molecular complexity index is 697. The first-order chi connectivity index (χ1) is 11.1. The Labute approximate surface area is 134 Å². The Morgan fingerprint density at radius 1 is 1.00 bits per heavy atom. The van der Waals surface area contributed by atoms with E-state index in [2.05, 4.69) is 4.99 Å². The number of aliphatic imine (C=N–C) groups is 1. The van der Waals surface area contributed by atoms with Gasteiger partial charge in [0, 0.05) is 11.8 Å². The fourth-order valence-corrected chi connectivity index (χ4v) is 2.02. The van der Waals surface area contributed by atoms with Gasteiger partial charge in [-0.2, -0.15) is 0 Å². The molecule has 0 radical (unpaired) electrons. The second kappa shape index (κ2) is 7.31. The number of aromatic carboxylic acids is 1. The summed E-state index contributed by atoms with van der Waals surface area (Å²) in [5.74, 6) is 0.618. The molecule has 0 amide bonds. The van der Waals surface area contributed by atoms with Crippen LogP contribution in [0.3, 0.4) is 0 Å². The fraction of sp³-hybridized carbons (Fsp3) is 0.176. The number of hydrogen-bond acceptors (Lipinski definition) is 5. The van der Waals surface area contributed by atoms with Crippen LogP contribution in [0.1, 0.15) is 15.9 Å². The van der Waals surface area contributed by atoms with Crippen molar-refractivity contribution in [3.05, 3.63) is 47.5 Å². The molecule has 0 aliphatic rings. The van der Waals surface area contributed by atoms with Crippen LogP contribution in [0.4, 0.5) is 5.69 Å². The first-order valence-electron chi connectivity index (χ1n) is 6.76. The maximum Gasteiger partial charge on any atom is 0.335 e. The van der Waals surface area contributed by atoms with Gasteiger partial charge < -0.3 is 19.3 Å². The molecule has 23 heavy (non-hydrogen) atoms. The highest BCUT2D eigenvalue weighted by Crippen LogP contribution is 2.37. The van der Waals surface area contributed by atoms with Crippen LogP contribution in [0, 0.1) is 0 Å². The molecule has 0 fully saturated rings. The lowest BCUT2D eigenvalue weighted by atomic mass is 10.2. The van der Waals surface area contributed by atoms with Crippen LogP contribution < -0.4 is 14.2 Å². The van der Waals surface area contributed by atoms with Gasteiger partial charge in [0.1, 0.15) is 0 Å². The summed E-state index contributed by atoms with van der Waals surface area (Å²) in [6, 6.07) is 9.83. The summed E-state index contributed by atoms with van der Waals surface area (Å²) in [4.78, 5) is 15.1. The molecule has 0 spiro atoms. The van der Waals surface area contributed by atoms with Crippen molar-refractivity contribution in [3.8, 4) is 17.2 Å². The van der Waals surface area contributed by atoms with E-state index in [1.807, 2.05) is 0 Å². The van der Waals surface area contributed by atoms with Crippen LogP contribution >= 0.6 is 0 Å². The number of ether oxygens (including phenoxy) is 3. The number of nitrogens with zero attached hydrogens (tertiary/aromatic N) is 1. The van der Waals surface area contributed by atoms with Crippen molar-refractivity contribution in [3.63, 3.8) is 0 Å². The average molecular weight is 315 g/mol. The highest BCUT2D eigenvalue weighted by atomic mass is 16.5. The van der Waals surface area contributed by atoms with Crippen LogP contribution in [0.15, 0.2) is 41.4 Å². The van der Waals surface area contributed by atoms with E-state index in [-0.39, 0.29) is 5.56 Å². The van der Waals surface area contributed by atoms with Crippen molar-refractivity contribution in [1.82, 2.24) is 0 Å². The Hall–Kier alpha value is -3.02. The lowest BCUT2D eigenvalue weighted by molar-refractivity contribution is 0.0697. The van der Waals surface area contributed by atoms with E-state index in [4.69, 9.17) is 19.3 Å². The van der Waals surface area contributed by atoms with Crippen LogP contribution in [0.25, 0.3) is 0 Å². The standard InChI is InChI=1S/C17H17NO5/c1-21-14-8-11(9-15(22-2)16(14)23-3)10-18-13-6-4-12(5-7-13)17(19)20/h4-10H,1-3H3,(H,19,20). The molecule has 0 saturated heterocycles. The van der Waals surface area contributed by atoms with E-state index in [0.717, 1.165) is 5.56 Å². The maximum atomic E-state index is 10.8. The van der Waals surface area contributed by atoms with Crippen LogP contribution in [-0.2, 0) is 0 Å². The molecule has 6 heteroatoms. The Morgan fingerprint density at radius 3 is 2.00 bits per heavy atom. The second-order valence-corrected chi connectivity index (χ2v) is 4.57. The van der Waals surface area contributed by atoms with E-state index in [1.165, 1.54) is 19.2 Å². The summed E-state index contributed by atoms with van der Waals surface area (Å²) in [6.45, 7) is 0. The zero-order valence-corrected chi connectivity index (χ0v) is 13.1. The van der Waals surface area contributed by atoms with Crippen molar-refractivity contribution in [2.45, 2.75) is 0 Å². The predicted molar refractivity (Wildman–Crippen MR) is 86.8 cm³/mol. The molecule has 0 heterocycles. The molecule has 0 aliphatic heterocycles. The van der Waals surface area contributed by atoms with E-state index >= 15 is 0 Å². The normalized spacial score (nSPS) is 10.6. The Kier molecular flexibility index (Phi) is 5.19. The number of rotatable bonds is 6. The molecule has 0 atom stereocenters. The molecule has 0 unspecified atom stereocenters. The highest BCUT2D eigenvalue weighted by molar-refractivity contribution is 5.88. The van der Waals surface area contributed by atoms with Gasteiger partial charge in [0.05, 0.1) is 32.6 Å². The quantitative estimate of drug-likeness (QED) is 0.829. The molecular weight excluding hydrogens is 298 g/mol. The van der Waals surface area contributed by atoms with Gasteiger partial charge in [-0.15, -0.1) is 0 Å². The van der Waals surface area contributed by atoms with Crippen molar-refractivity contribution < 1.29 is 24.1 Å². The molecule has 2 aromatic carbocycles. The number of carbonyl (C=O) groups is 1. The molecule has 0 bridgehead atoms. The lowest BCUT2D eigenvalue weighted by Gasteiger charge is -2.12. The van der Waals surface area contributed by atoms with Crippen LogP contribution in [0.5, 0.6) is 17.2 Å². The van der Waals surface area contributed by atoms with Crippen LogP contribution in [-0.4, -0.2) is 38.6 Å². The molecule has 2 rings (SSSR count). The van der Waals surface area contributed by atoms with Crippen molar-refractivity contribution >= 4 is 17.9 Å². The third-order valence-electron chi connectivity index (χ3n) is 3.16. The number of carboxylic acids is 1. The molecule has 2 aromatic rings. The van der Waals surface area contributed by atoms with Gasteiger partial charge in [0.2, 0.25) is 5.75 Å². The number of hydrogen-bond donors (Lipinski definition) is 1. The van der Waals surface area contributed by atoms with Gasteiger partial charge in [-0.05, 0) is 36.4 Å². The fourth-order valence-electron chi connectivity index (χ4n) is 2.02. The minimum Gasteiger partial charge on any atom is -0.493 e. The van der Waals surface area contributed by atoms with E-state index in [0.29, 0.717) is 22.9 Å². The third-order valence-corrected chi connectivity index (χ3v) is 3.16. The second-order valence-electron chi connectivity index (χ2n) is 4.57. The zero-order valence-electron chi connectivity index (χ0n) is 13.1. The van der Waals surface area contributed by atoms with Gasteiger partial charge in [-0.1, -0.05) is 0 Å². The smallest absolute Gasteiger partial charge is 0.335 e. The minimum atomic E-state index is -0.967. The molecule has 0 aromatic heterocycles. The number of carboxylic acid groups (broad SMARTS) is 1. The Morgan fingerprint density at radius 2 is 1.57 bits per heavy atom. The first-order valence-corrected chi connectivity index (χ1v) is 6.76. The monoisotopic (exact) mass is 315 g/mol. The molecule has 0 saturated carbocycles. The summed E-state index contributed by atoms with van der Waals surface area (Å²) in [7, 11) is 4.63. The van der Waals surface area contributed by atoms with Gasteiger partial charge >= 0.3 is 5.97 Å². The van der Waals surface area contributed by atoms with Crippen molar-refractivity contribution in [1.29, 1.82) is 0 Å².